The quantitative estimate of drug-likeness (QED) is 0.899. The van der Waals surface area contributed by atoms with Gasteiger partial charge in [0.15, 0.2) is 0 Å². The van der Waals surface area contributed by atoms with Crippen LogP contribution in [0.15, 0.2) is 22.9 Å². The van der Waals surface area contributed by atoms with E-state index < -0.39 is 0 Å². The zero-order valence-corrected chi connectivity index (χ0v) is 10.1. The van der Waals surface area contributed by atoms with E-state index in [1.54, 1.807) is 12.4 Å². The molecule has 1 saturated carbocycles. The summed E-state index contributed by atoms with van der Waals surface area (Å²) in [6, 6.07) is 2.25. The number of hydrogen-bond donors (Lipinski definition) is 1. The number of nitrogens with two attached hydrogens (primary N) is 1. The molecule has 0 bridgehead atoms. The van der Waals surface area contributed by atoms with Gasteiger partial charge in [0.2, 0.25) is 0 Å². The number of halogens is 1. The topological polar surface area (TPSA) is 48.1 Å². The molecule has 2 rings (SSSR count). The van der Waals surface area contributed by atoms with Crippen LogP contribution in [0.1, 0.15) is 25.7 Å². The van der Waals surface area contributed by atoms with Crippen molar-refractivity contribution in [2.24, 2.45) is 5.73 Å². The van der Waals surface area contributed by atoms with Crippen LogP contribution in [-0.4, -0.2) is 17.1 Å². The van der Waals surface area contributed by atoms with Crippen molar-refractivity contribution in [3.05, 3.63) is 22.9 Å². The zero-order valence-electron chi connectivity index (χ0n) is 8.53. The Morgan fingerprint density at radius 3 is 2.73 bits per heavy atom. The van der Waals surface area contributed by atoms with Gasteiger partial charge in [0, 0.05) is 18.4 Å². The van der Waals surface area contributed by atoms with E-state index in [0.717, 1.165) is 35.9 Å². The van der Waals surface area contributed by atoms with Crippen molar-refractivity contribution in [1.82, 2.24) is 4.98 Å². The summed E-state index contributed by atoms with van der Waals surface area (Å²) in [5.74, 6) is 0.880. The number of pyridine rings is 1. The summed E-state index contributed by atoms with van der Waals surface area (Å²) in [7, 11) is 0. The molecule has 0 spiro atoms. The lowest BCUT2D eigenvalue weighted by Gasteiger charge is -2.27. The SMILES string of the molecule is NC1CCC(Oc2ccncc2Br)CC1. The molecule has 82 valence electrons. The Hall–Kier alpha value is -0.610. The molecule has 0 amide bonds. The van der Waals surface area contributed by atoms with Gasteiger partial charge in [0.25, 0.3) is 0 Å². The summed E-state index contributed by atoms with van der Waals surface area (Å²) >= 11 is 3.42. The van der Waals surface area contributed by atoms with Gasteiger partial charge in [-0.15, -0.1) is 0 Å². The minimum absolute atomic E-state index is 0.309. The van der Waals surface area contributed by atoms with Crippen LogP contribution in [0.25, 0.3) is 0 Å². The van der Waals surface area contributed by atoms with Crippen LogP contribution in [0.3, 0.4) is 0 Å². The third-order valence-electron chi connectivity index (χ3n) is 2.75. The number of aromatic nitrogens is 1. The molecular weight excluding hydrogens is 256 g/mol. The van der Waals surface area contributed by atoms with Crippen LogP contribution >= 0.6 is 15.9 Å². The van der Waals surface area contributed by atoms with Gasteiger partial charge in [-0.25, -0.2) is 0 Å². The van der Waals surface area contributed by atoms with Gasteiger partial charge in [-0.1, -0.05) is 0 Å². The van der Waals surface area contributed by atoms with Gasteiger partial charge < -0.3 is 10.5 Å². The minimum atomic E-state index is 0.309. The second kappa shape index (κ2) is 4.94. The van der Waals surface area contributed by atoms with Crippen molar-refractivity contribution in [1.29, 1.82) is 0 Å². The highest BCUT2D eigenvalue weighted by molar-refractivity contribution is 9.10. The van der Waals surface area contributed by atoms with E-state index in [4.69, 9.17) is 10.5 Å². The molecule has 3 nitrogen and oxygen atoms in total. The Labute approximate surface area is 98.2 Å². The van der Waals surface area contributed by atoms with Gasteiger partial charge in [-0.3, -0.25) is 4.98 Å². The fraction of sp³-hybridized carbons (Fsp3) is 0.545. The predicted molar refractivity (Wildman–Crippen MR) is 62.8 cm³/mol. The number of rotatable bonds is 2. The average molecular weight is 271 g/mol. The average Bonchev–Trinajstić information content (AvgIpc) is 2.25. The maximum Gasteiger partial charge on any atom is 0.136 e. The first-order valence-electron chi connectivity index (χ1n) is 5.27. The Morgan fingerprint density at radius 2 is 2.07 bits per heavy atom. The van der Waals surface area contributed by atoms with E-state index in [0.29, 0.717) is 12.1 Å². The fourth-order valence-electron chi connectivity index (χ4n) is 1.84. The predicted octanol–water partition coefficient (Wildman–Crippen LogP) is 2.49. The third-order valence-corrected chi connectivity index (χ3v) is 3.34. The molecule has 0 radical (unpaired) electrons. The molecule has 0 aromatic carbocycles. The van der Waals surface area contributed by atoms with Gasteiger partial charge in [-0.2, -0.15) is 0 Å². The standard InChI is InChI=1S/C11H15BrN2O/c12-10-7-14-6-5-11(10)15-9-3-1-8(13)2-4-9/h5-9H,1-4,13H2. The number of nitrogens with zero attached hydrogens (tertiary/aromatic N) is 1. The summed E-state index contributed by atoms with van der Waals surface area (Å²) in [4.78, 5) is 4.00. The smallest absolute Gasteiger partial charge is 0.136 e. The molecule has 1 aliphatic rings. The molecule has 4 heteroatoms. The molecule has 0 atom stereocenters. The van der Waals surface area contributed by atoms with E-state index >= 15 is 0 Å². The fourth-order valence-corrected chi connectivity index (χ4v) is 2.19. The van der Waals surface area contributed by atoms with Gasteiger partial charge in [0.1, 0.15) is 5.75 Å². The first kappa shape index (κ1) is 10.9. The van der Waals surface area contributed by atoms with E-state index in [2.05, 4.69) is 20.9 Å². The summed E-state index contributed by atoms with van der Waals surface area (Å²) in [5, 5.41) is 0. The monoisotopic (exact) mass is 270 g/mol. The zero-order chi connectivity index (χ0) is 10.7. The van der Waals surface area contributed by atoms with E-state index in [1.165, 1.54) is 0 Å². The van der Waals surface area contributed by atoms with Crippen molar-refractivity contribution < 1.29 is 4.74 Å². The Bertz CT molecular complexity index is 324. The molecule has 0 aliphatic heterocycles. The van der Waals surface area contributed by atoms with Crippen molar-refractivity contribution in [2.75, 3.05) is 0 Å². The Balaban J connectivity index is 1.95. The molecule has 15 heavy (non-hydrogen) atoms. The normalized spacial score (nSPS) is 26.3. The summed E-state index contributed by atoms with van der Waals surface area (Å²) in [6.07, 6.45) is 8.04. The van der Waals surface area contributed by atoms with Crippen LogP contribution in [-0.2, 0) is 0 Å². The molecule has 1 aromatic rings. The van der Waals surface area contributed by atoms with Crippen molar-refractivity contribution in [3.8, 4) is 5.75 Å². The lowest BCUT2D eigenvalue weighted by Crippen LogP contribution is -2.31. The second-order valence-corrected chi connectivity index (χ2v) is 4.82. The van der Waals surface area contributed by atoms with Crippen LogP contribution in [0.5, 0.6) is 5.75 Å². The molecule has 1 aliphatic carbocycles. The van der Waals surface area contributed by atoms with E-state index in [9.17, 15) is 0 Å². The van der Waals surface area contributed by atoms with Crippen molar-refractivity contribution >= 4 is 15.9 Å². The lowest BCUT2D eigenvalue weighted by atomic mass is 9.94. The Kier molecular flexibility index (Phi) is 3.59. The molecule has 1 aromatic heterocycles. The number of hydrogen-bond acceptors (Lipinski definition) is 3. The molecule has 0 saturated heterocycles. The van der Waals surface area contributed by atoms with E-state index in [1.807, 2.05) is 6.07 Å². The van der Waals surface area contributed by atoms with Crippen LogP contribution < -0.4 is 10.5 Å². The summed E-state index contributed by atoms with van der Waals surface area (Å²) in [5.41, 5.74) is 5.85. The highest BCUT2D eigenvalue weighted by Gasteiger charge is 2.20. The highest BCUT2D eigenvalue weighted by atomic mass is 79.9. The maximum absolute atomic E-state index is 5.89. The van der Waals surface area contributed by atoms with Crippen molar-refractivity contribution in [2.45, 2.75) is 37.8 Å². The van der Waals surface area contributed by atoms with Crippen molar-refractivity contribution in [3.63, 3.8) is 0 Å². The van der Waals surface area contributed by atoms with Gasteiger partial charge in [0.05, 0.1) is 10.6 Å². The first-order chi connectivity index (χ1) is 7.25. The van der Waals surface area contributed by atoms with Crippen LogP contribution in [0.2, 0.25) is 0 Å². The van der Waals surface area contributed by atoms with Crippen LogP contribution in [0.4, 0.5) is 0 Å². The second-order valence-electron chi connectivity index (χ2n) is 3.96. The number of ether oxygens (including phenoxy) is 1. The highest BCUT2D eigenvalue weighted by Crippen LogP contribution is 2.27. The molecular formula is C11H15BrN2O. The van der Waals surface area contributed by atoms with Gasteiger partial charge >= 0.3 is 0 Å². The first-order valence-corrected chi connectivity index (χ1v) is 6.07. The summed E-state index contributed by atoms with van der Waals surface area (Å²) in [6.45, 7) is 0. The minimum Gasteiger partial charge on any atom is -0.489 e. The molecule has 2 N–H and O–H groups in total. The van der Waals surface area contributed by atoms with Gasteiger partial charge in [-0.05, 0) is 47.7 Å². The lowest BCUT2D eigenvalue weighted by molar-refractivity contribution is 0.146. The molecule has 1 heterocycles. The third kappa shape index (κ3) is 2.92. The maximum atomic E-state index is 5.89. The summed E-state index contributed by atoms with van der Waals surface area (Å²) < 4.78 is 6.81. The van der Waals surface area contributed by atoms with E-state index in [-0.39, 0.29) is 0 Å². The molecule has 1 fully saturated rings. The molecule has 0 unspecified atom stereocenters. The Morgan fingerprint density at radius 1 is 1.33 bits per heavy atom. The van der Waals surface area contributed by atoms with Crippen LogP contribution in [0, 0.1) is 0 Å². The largest absolute Gasteiger partial charge is 0.489 e.